The summed E-state index contributed by atoms with van der Waals surface area (Å²) in [5.41, 5.74) is 8.17. The minimum Gasteiger partial charge on any atom is -0.323 e. The van der Waals surface area contributed by atoms with E-state index in [1.807, 2.05) is 0 Å². The highest BCUT2D eigenvalue weighted by atomic mass is 35.5. The molecule has 2 heterocycles. The van der Waals surface area contributed by atoms with Gasteiger partial charge in [0.25, 0.3) is 0 Å². The Kier molecular flexibility index (Phi) is 3.21. The Hall–Kier alpha value is -0.160. The van der Waals surface area contributed by atoms with Gasteiger partial charge >= 0.3 is 0 Å². The zero-order valence-electron chi connectivity index (χ0n) is 11.9. The molecule has 1 fully saturated rings. The molecule has 1 saturated heterocycles. The summed E-state index contributed by atoms with van der Waals surface area (Å²) < 4.78 is 0.641. The normalized spacial score (nSPS) is 26.9. The van der Waals surface area contributed by atoms with Crippen LogP contribution in [0.4, 0.5) is 0 Å². The van der Waals surface area contributed by atoms with Crippen molar-refractivity contribution in [2.45, 2.75) is 51.6 Å². The number of nitrogens with two attached hydrogens (primary N) is 1. The summed E-state index contributed by atoms with van der Waals surface area (Å²) in [6.07, 6.45) is 3.36. The number of piperidine rings is 1. The first-order valence-corrected chi connectivity index (χ1v) is 8.17. The third kappa shape index (κ3) is 2.23. The lowest BCUT2D eigenvalue weighted by molar-refractivity contribution is 0.0346. The maximum absolute atomic E-state index is 6.52. The molecule has 1 spiro atoms. The van der Waals surface area contributed by atoms with Crippen molar-refractivity contribution in [3.63, 3.8) is 0 Å². The van der Waals surface area contributed by atoms with Gasteiger partial charge in [0.1, 0.15) is 0 Å². The molecule has 3 rings (SSSR count). The molecule has 0 amide bonds. The van der Waals surface area contributed by atoms with Gasteiger partial charge in [0.2, 0.25) is 0 Å². The molecular formula is C14H22ClN3S. The smallest absolute Gasteiger partial charge is 0.184 e. The van der Waals surface area contributed by atoms with Crippen molar-refractivity contribution in [2.24, 2.45) is 11.1 Å². The molecule has 1 aromatic rings. The lowest BCUT2D eigenvalue weighted by Gasteiger charge is -2.46. The lowest BCUT2D eigenvalue weighted by atomic mass is 9.73. The van der Waals surface area contributed by atoms with Crippen LogP contribution >= 0.6 is 22.9 Å². The molecule has 0 aromatic carbocycles. The molecule has 0 saturated carbocycles. The summed E-state index contributed by atoms with van der Waals surface area (Å²) >= 11 is 7.57. The van der Waals surface area contributed by atoms with Gasteiger partial charge in [-0.2, -0.15) is 0 Å². The van der Waals surface area contributed by atoms with E-state index in [1.54, 1.807) is 11.3 Å². The molecule has 1 atom stereocenters. The molecule has 2 aliphatic rings. The zero-order chi connectivity index (χ0) is 13.8. The van der Waals surface area contributed by atoms with Crippen molar-refractivity contribution in [3.05, 3.63) is 15.0 Å². The van der Waals surface area contributed by atoms with Crippen LogP contribution < -0.4 is 5.73 Å². The second-order valence-corrected chi connectivity index (χ2v) is 8.57. The molecule has 106 valence electrons. The molecule has 0 bridgehead atoms. The Balaban J connectivity index is 1.77. The molecule has 0 radical (unpaired) electrons. The molecular weight excluding hydrogens is 278 g/mol. The van der Waals surface area contributed by atoms with Crippen LogP contribution in [0.3, 0.4) is 0 Å². The minimum absolute atomic E-state index is 0.134. The molecule has 1 aromatic heterocycles. The van der Waals surface area contributed by atoms with Crippen molar-refractivity contribution >= 4 is 22.9 Å². The lowest BCUT2D eigenvalue weighted by Crippen LogP contribution is -2.51. The van der Waals surface area contributed by atoms with Gasteiger partial charge in [-0.1, -0.05) is 11.6 Å². The van der Waals surface area contributed by atoms with Crippen molar-refractivity contribution in [1.29, 1.82) is 0 Å². The largest absolute Gasteiger partial charge is 0.323 e. The Morgan fingerprint density at radius 2 is 2.00 bits per heavy atom. The van der Waals surface area contributed by atoms with Crippen molar-refractivity contribution in [2.75, 3.05) is 13.1 Å². The molecule has 3 nitrogen and oxygen atoms in total. The molecule has 1 aliphatic heterocycles. The number of halogens is 1. The van der Waals surface area contributed by atoms with Gasteiger partial charge in [-0.3, -0.25) is 4.90 Å². The van der Waals surface area contributed by atoms with Crippen LogP contribution in [-0.4, -0.2) is 28.5 Å². The van der Waals surface area contributed by atoms with Gasteiger partial charge < -0.3 is 5.73 Å². The van der Waals surface area contributed by atoms with Crippen LogP contribution in [-0.2, 0) is 6.42 Å². The van der Waals surface area contributed by atoms with Crippen molar-refractivity contribution in [1.82, 2.24) is 9.88 Å². The standard InChI is InChI=1S/C14H22ClN3S/c1-13(2,3)18-6-4-14(5-7-18)8-9-10(11(14)16)19-12(15)17-9/h11H,4-8,16H2,1-3H3. The highest BCUT2D eigenvalue weighted by Gasteiger charge is 2.48. The Morgan fingerprint density at radius 3 is 2.53 bits per heavy atom. The molecule has 2 N–H and O–H groups in total. The number of fused-ring (bicyclic) bond motifs is 1. The maximum Gasteiger partial charge on any atom is 0.184 e. The molecule has 5 heteroatoms. The number of rotatable bonds is 0. The van der Waals surface area contributed by atoms with E-state index in [9.17, 15) is 0 Å². The second kappa shape index (κ2) is 4.42. The molecule has 1 unspecified atom stereocenters. The number of hydrogen-bond acceptors (Lipinski definition) is 4. The SMILES string of the molecule is CC(C)(C)N1CCC2(CC1)Cc1nc(Cl)sc1C2N. The number of aromatic nitrogens is 1. The van der Waals surface area contributed by atoms with Crippen LogP contribution in [0.2, 0.25) is 4.47 Å². The Labute approximate surface area is 124 Å². The van der Waals surface area contributed by atoms with Gasteiger partial charge in [0, 0.05) is 16.5 Å². The fraction of sp³-hybridized carbons (Fsp3) is 0.786. The van der Waals surface area contributed by atoms with E-state index in [2.05, 4.69) is 30.7 Å². The van der Waals surface area contributed by atoms with Crippen molar-refractivity contribution < 1.29 is 0 Å². The number of nitrogens with zero attached hydrogens (tertiary/aromatic N) is 2. The van der Waals surface area contributed by atoms with E-state index in [0.717, 1.165) is 25.2 Å². The van der Waals surface area contributed by atoms with E-state index in [1.165, 1.54) is 17.7 Å². The number of likely N-dealkylation sites (tertiary alicyclic amines) is 1. The van der Waals surface area contributed by atoms with Gasteiger partial charge in [-0.15, -0.1) is 11.3 Å². The molecule has 19 heavy (non-hydrogen) atoms. The van der Waals surface area contributed by atoms with Gasteiger partial charge in [0.05, 0.1) is 5.69 Å². The van der Waals surface area contributed by atoms with E-state index < -0.39 is 0 Å². The fourth-order valence-corrected chi connectivity index (χ4v) is 4.84. The van der Waals surface area contributed by atoms with Gasteiger partial charge in [-0.25, -0.2) is 4.98 Å². The number of hydrogen-bond donors (Lipinski definition) is 1. The van der Waals surface area contributed by atoms with E-state index >= 15 is 0 Å². The summed E-state index contributed by atoms with van der Waals surface area (Å²) in [6.45, 7) is 9.15. The Bertz CT molecular complexity index is 483. The third-order valence-corrected chi connectivity index (χ3v) is 6.16. The van der Waals surface area contributed by atoms with E-state index in [0.29, 0.717) is 4.47 Å². The van der Waals surface area contributed by atoms with Crippen LogP contribution in [0.15, 0.2) is 0 Å². The first-order valence-electron chi connectivity index (χ1n) is 6.98. The van der Waals surface area contributed by atoms with Crippen LogP contribution in [0, 0.1) is 5.41 Å². The predicted octanol–water partition coefficient (Wildman–Crippen LogP) is 3.23. The van der Waals surface area contributed by atoms with E-state index in [-0.39, 0.29) is 17.0 Å². The van der Waals surface area contributed by atoms with Gasteiger partial charge in [-0.05, 0) is 58.5 Å². The first-order chi connectivity index (χ1) is 8.82. The molecule has 1 aliphatic carbocycles. The predicted molar refractivity (Wildman–Crippen MR) is 80.7 cm³/mol. The van der Waals surface area contributed by atoms with Crippen LogP contribution in [0.25, 0.3) is 0 Å². The summed E-state index contributed by atoms with van der Waals surface area (Å²) in [7, 11) is 0. The maximum atomic E-state index is 6.52. The average molecular weight is 300 g/mol. The average Bonchev–Trinajstić information content (AvgIpc) is 2.77. The summed E-state index contributed by atoms with van der Waals surface area (Å²) in [5.74, 6) is 0. The summed E-state index contributed by atoms with van der Waals surface area (Å²) in [4.78, 5) is 8.25. The third-order valence-electron chi connectivity index (χ3n) is 4.87. The first kappa shape index (κ1) is 13.8. The van der Waals surface area contributed by atoms with Crippen LogP contribution in [0.5, 0.6) is 0 Å². The minimum atomic E-state index is 0.134. The monoisotopic (exact) mass is 299 g/mol. The van der Waals surface area contributed by atoms with Crippen molar-refractivity contribution in [3.8, 4) is 0 Å². The fourth-order valence-electron chi connectivity index (χ4n) is 3.54. The van der Waals surface area contributed by atoms with E-state index in [4.69, 9.17) is 17.3 Å². The summed E-state index contributed by atoms with van der Waals surface area (Å²) in [6, 6.07) is 0.134. The zero-order valence-corrected chi connectivity index (χ0v) is 13.4. The van der Waals surface area contributed by atoms with Crippen LogP contribution in [0.1, 0.15) is 50.2 Å². The Morgan fingerprint density at radius 1 is 1.37 bits per heavy atom. The highest BCUT2D eigenvalue weighted by Crippen LogP contribution is 2.53. The highest BCUT2D eigenvalue weighted by molar-refractivity contribution is 7.16. The number of thiazole rings is 1. The second-order valence-electron chi connectivity index (χ2n) is 6.95. The summed E-state index contributed by atoms with van der Waals surface area (Å²) in [5, 5.41) is 0. The van der Waals surface area contributed by atoms with Gasteiger partial charge in [0.15, 0.2) is 4.47 Å². The topological polar surface area (TPSA) is 42.2 Å². The quantitative estimate of drug-likeness (QED) is 0.800.